The number of thiol groups is 1. The van der Waals surface area contributed by atoms with E-state index in [0.717, 1.165) is 11.8 Å². The SMILES string of the molecule is Nc1nc2c(ncn2[C@@H]2S[C@H](CO)[C@H](F)[C@H]2OP(O)(=S)OC[C@H]2O[C@@H](n3cnc4c(N)ccnc43)[C@@H](F)[C@@H]2O[P+](=O)S)c(=O)[nH]1. The molecule has 6 rings (SSSR count). The summed E-state index contributed by atoms with van der Waals surface area (Å²) in [5.41, 5.74) is 11.7. The Kier molecular flexibility index (Phi) is 9.18. The maximum atomic E-state index is 15.7. The van der Waals surface area contributed by atoms with Crippen molar-refractivity contribution in [3.05, 3.63) is 35.3 Å². The molecule has 17 nitrogen and oxygen atoms in total. The topological polar surface area (TPSA) is 241 Å². The van der Waals surface area contributed by atoms with Crippen molar-refractivity contribution in [3.8, 4) is 0 Å². The number of fused-ring (bicyclic) bond motifs is 2. The number of H-pyrrole nitrogens is 1. The van der Waals surface area contributed by atoms with Gasteiger partial charge in [0.15, 0.2) is 35.3 Å². The second kappa shape index (κ2) is 12.7. The maximum absolute atomic E-state index is 15.7. The quantitative estimate of drug-likeness (QED) is 0.100. The Morgan fingerprint density at radius 1 is 1.18 bits per heavy atom. The molecule has 2 saturated heterocycles. The van der Waals surface area contributed by atoms with Crippen molar-refractivity contribution in [3.63, 3.8) is 0 Å². The summed E-state index contributed by atoms with van der Waals surface area (Å²) in [7, 11) is -2.62. The van der Waals surface area contributed by atoms with E-state index in [1.165, 1.54) is 34.1 Å². The molecule has 6 heterocycles. The molecule has 7 N–H and O–H groups in total. The highest BCUT2D eigenvalue weighted by Gasteiger charge is 2.53. The van der Waals surface area contributed by atoms with E-state index < -0.39 is 80.2 Å². The molecule has 2 aliphatic rings. The van der Waals surface area contributed by atoms with Crippen LogP contribution in [-0.4, -0.2) is 93.2 Å². The molecule has 2 aliphatic heterocycles. The van der Waals surface area contributed by atoms with Crippen molar-refractivity contribution < 1.29 is 41.7 Å². The molecule has 0 amide bonds. The van der Waals surface area contributed by atoms with E-state index in [-0.39, 0.29) is 22.8 Å². The van der Waals surface area contributed by atoms with Crippen molar-refractivity contribution in [1.29, 1.82) is 0 Å². The number of nitrogen functional groups attached to an aromatic ring is 2. The Morgan fingerprint density at radius 3 is 2.64 bits per heavy atom. The minimum atomic E-state index is -4.34. The molecule has 45 heavy (non-hydrogen) atoms. The molecule has 0 radical (unpaired) electrons. The number of anilines is 2. The van der Waals surface area contributed by atoms with Gasteiger partial charge in [0.05, 0.1) is 36.8 Å². The zero-order valence-electron chi connectivity index (χ0n) is 22.4. The predicted octanol–water partition coefficient (Wildman–Crippen LogP) is 1.50. The first-order chi connectivity index (χ1) is 21.4. The number of imidazole rings is 2. The van der Waals surface area contributed by atoms with Crippen LogP contribution in [0.3, 0.4) is 0 Å². The molecule has 4 aromatic heterocycles. The van der Waals surface area contributed by atoms with Gasteiger partial charge >= 0.3 is 13.9 Å². The molecule has 0 aromatic carbocycles. The second-order valence-corrected chi connectivity index (χ2v) is 15.7. The monoisotopic (exact) mass is 726 g/mol. The average molecular weight is 727 g/mol. The number of rotatable bonds is 10. The van der Waals surface area contributed by atoms with Gasteiger partial charge in [-0.25, -0.2) is 23.7 Å². The average Bonchev–Trinajstić information content (AvgIpc) is 3.73. The van der Waals surface area contributed by atoms with Gasteiger partial charge in [-0.1, -0.05) is 0 Å². The molecule has 0 bridgehead atoms. The summed E-state index contributed by atoms with van der Waals surface area (Å²) in [5.74, 6) is -0.218. The van der Waals surface area contributed by atoms with Gasteiger partial charge in [-0.3, -0.25) is 23.4 Å². The molecule has 2 fully saturated rings. The van der Waals surface area contributed by atoms with Crippen LogP contribution in [0.4, 0.5) is 20.4 Å². The van der Waals surface area contributed by atoms with Crippen molar-refractivity contribution >= 4 is 83.7 Å². The highest BCUT2D eigenvalue weighted by Crippen LogP contribution is 2.55. The van der Waals surface area contributed by atoms with Crippen molar-refractivity contribution in [2.75, 3.05) is 24.7 Å². The predicted molar refractivity (Wildman–Crippen MR) is 164 cm³/mol. The first kappa shape index (κ1) is 32.6. The first-order valence-electron chi connectivity index (χ1n) is 12.9. The standard InChI is InChI=1S/C21H23F2N9O8P2S3/c22-10-9(3-33)45-20(32-6-28-13-17(32)29-21(25)30-18(13)34)15(10)40-42(36,44)37-4-8-14(39-41(35)43)11(23)19(38-8)31-5-27-12-7(24)1-2-26-16(12)31/h1-2,5-6,8-11,14-15,19-20,33H,3-4H2,(H6-,24,25,26,29,30,34,35,36,43,44)/p+1/t8-,9-,10+,11+,14-,15-,19-,20-,42?/m1/s1. The number of aromatic amines is 1. The zero-order valence-corrected chi connectivity index (χ0v) is 26.8. The highest BCUT2D eigenvalue weighted by atomic mass is 32.7. The summed E-state index contributed by atoms with van der Waals surface area (Å²) in [5, 5.41) is 7.72. The number of halogens is 2. The lowest BCUT2D eigenvalue weighted by Gasteiger charge is -2.27. The summed E-state index contributed by atoms with van der Waals surface area (Å²) in [6.45, 7) is -5.57. The Hall–Kier alpha value is -2.36. The summed E-state index contributed by atoms with van der Waals surface area (Å²) in [4.78, 5) is 42.0. The van der Waals surface area contributed by atoms with Gasteiger partial charge in [0.25, 0.3) is 5.56 Å². The number of nitrogens with one attached hydrogen (secondary N) is 1. The third-order valence-corrected chi connectivity index (χ3v) is 10.9. The zero-order chi connectivity index (χ0) is 32.2. The number of nitrogens with two attached hydrogens (primary N) is 2. The van der Waals surface area contributed by atoms with Crippen LogP contribution in [-0.2, 0) is 34.7 Å². The van der Waals surface area contributed by atoms with Crippen molar-refractivity contribution in [2.24, 2.45) is 0 Å². The fourth-order valence-corrected chi connectivity index (χ4v) is 8.76. The summed E-state index contributed by atoms with van der Waals surface area (Å²) < 4.78 is 67.8. The normalized spacial score (nSPS) is 30.3. The molecule has 24 heteroatoms. The molecular weight excluding hydrogens is 702 g/mol. The number of alkyl halides is 2. The Bertz CT molecular complexity index is 1870. The number of hydrogen-bond donors (Lipinski definition) is 6. The lowest BCUT2D eigenvalue weighted by atomic mass is 10.1. The number of nitrogens with zero attached hydrogens (tertiary/aromatic N) is 6. The largest absolute Gasteiger partial charge is 0.582 e. The summed E-state index contributed by atoms with van der Waals surface area (Å²) >= 11 is 9.82. The number of hydrogen-bond acceptors (Lipinski definition) is 15. The van der Waals surface area contributed by atoms with E-state index >= 15 is 8.78 Å². The maximum Gasteiger partial charge on any atom is 0.582 e. The molecule has 10 atom stereocenters. The third-order valence-electron chi connectivity index (χ3n) is 7.07. The van der Waals surface area contributed by atoms with E-state index in [0.29, 0.717) is 11.2 Å². The van der Waals surface area contributed by atoms with Crippen LogP contribution >= 0.6 is 38.0 Å². The number of aromatic nitrogens is 7. The lowest BCUT2D eigenvalue weighted by Crippen LogP contribution is -2.34. The summed E-state index contributed by atoms with van der Waals surface area (Å²) in [6.07, 6.45) is -5.69. The number of pyridine rings is 1. The molecular formula is C21H24F2N9O8P2S3+. The highest BCUT2D eigenvalue weighted by molar-refractivity contribution is 8.39. The van der Waals surface area contributed by atoms with E-state index in [1.807, 2.05) is 0 Å². The van der Waals surface area contributed by atoms with Crippen LogP contribution < -0.4 is 17.0 Å². The van der Waals surface area contributed by atoms with Crippen LogP contribution in [0, 0.1) is 0 Å². The molecule has 0 saturated carbocycles. The number of aliphatic hydroxyl groups is 1. The minimum Gasteiger partial charge on any atom is -0.397 e. The van der Waals surface area contributed by atoms with Crippen LogP contribution in [0.25, 0.3) is 22.3 Å². The molecule has 0 spiro atoms. The van der Waals surface area contributed by atoms with E-state index in [4.69, 9.17) is 41.6 Å². The Labute approximate surface area is 266 Å². The second-order valence-electron chi connectivity index (χ2n) is 9.84. The Morgan fingerprint density at radius 2 is 1.91 bits per heavy atom. The van der Waals surface area contributed by atoms with Gasteiger partial charge < -0.3 is 30.7 Å². The molecule has 2 unspecified atom stereocenters. The number of thioether (sulfide) groups is 1. The smallest absolute Gasteiger partial charge is 0.397 e. The number of aliphatic hydroxyl groups excluding tert-OH is 1. The molecule has 242 valence electrons. The van der Waals surface area contributed by atoms with Crippen molar-refractivity contribution in [2.45, 2.75) is 47.5 Å². The molecule has 0 aliphatic carbocycles. The van der Waals surface area contributed by atoms with E-state index in [9.17, 15) is 19.4 Å². The fraction of sp³-hybridized carbons (Fsp3) is 0.476. The van der Waals surface area contributed by atoms with Gasteiger partial charge in [0.1, 0.15) is 41.5 Å². The van der Waals surface area contributed by atoms with Crippen LogP contribution in [0.2, 0.25) is 0 Å². The van der Waals surface area contributed by atoms with Crippen LogP contribution in [0.5, 0.6) is 0 Å². The number of ether oxygens (including phenoxy) is 1. The van der Waals surface area contributed by atoms with Gasteiger partial charge in [-0.2, -0.15) is 4.98 Å². The fourth-order valence-electron chi connectivity index (χ4n) is 5.08. The van der Waals surface area contributed by atoms with E-state index in [2.05, 4.69) is 37.2 Å². The Balaban J connectivity index is 1.22. The van der Waals surface area contributed by atoms with E-state index in [1.54, 1.807) is 0 Å². The van der Waals surface area contributed by atoms with Gasteiger partial charge in [-0.15, -0.1) is 16.3 Å². The van der Waals surface area contributed by atoms with Crippen LogP contribution in [0.1, 0.15) is 11.6 Å². The minimum absolute atomic E-state index is 0.00353. The van der Waals surface area contributed by atoms with Gasteiger partial charge in [-0.05, 0) is 22.4 Å². The van der Waals surface area contributed by atoms with Crippen molar-refractivity contribution in [1.82, 2.24) is 34.1 Å². The van der Waals surface area contributed by atoms with Crippen LogP contribution in [0.15, 0.2) is 29.7 Å². The third kappa shape index (κ3) is 6.21. The van der Waals surface area contributed by atoms with Gasteiger partial charge in [0.2, 0.25) is 5.95 Å². The molecule has 4 aromatic rings. The first-order valence-corrected chi connectivity index (χ1v) is 18.7. The summed E-state index contributed by atoms with van der Waals surface area (Å²) in [6, 6.07) is 1.52. The lowest BCUT2D eigenvalue weighted by molar-refractivity contribution is -0.0430. The van der Waals surface area contributed by atoms with Gasteiger partial charge in [0, 0.05) is 6.20 Å².